The number of H-pyrrole nitrogens is 1. The monoisotopic (exact) mass is 350 g/mol. The van der Waals surface area contributed by atoms with Crippen LogP contribution in [0.1, 0.15) is 37.8 Å². The maximum Gasteiger partial charge on any atom is 0.216 e. The van der Waals surface area contributed by atoms with Gasteiger partial charge < -0.3 is 10.6 Å². The van der Waals surface area contributed by atoms with Crippen LogP contribution < -0.4 is 10.6 Å². The molecule has 0 aromatic carbocycles. The van der Waals surface area contributed by atoms with E-state index in [0.29, 0.717) is 24.3 Å². The zero-order valence-corrected chi connectivity index (χ0v) is 14.7. The van der Waals surface area contributed by atoms with Crippen LogP contribution in [-0.4, -0.2) is 30.6 Å². The molecule has 3 heterocycles. The Balaban J connectivity index is 1.52. The number of anilines is 3. The molecule has 3 aromatic rings. The molecule has 3 N–H and O–H groups in total. The molecule has 0 unspecified atom stereocenters. The van der Waals surface area contributed by atoms with Crippen LogP contribution in [0.15, 0.2) is 24.7 Å². The lowest BCUT2D eigenvalue weighted by molar-refractivity contribution is 0.342. The summed E-state index contributed by atoms with van der Waals surface area (Å²) in [5.74, 6) is 2.77. The highest BCUT2D eigenvalue weighted by Crippen LogP contribution is 2.29. The van der Waals surface area contributed by atoms with Gasteiger partial charge in [0, 0.05) is 30.3 Å². The smallest absolute Gasteiger partial charge is 0.216 e. The molecule has 8 nitrogen and oxygen atoms in total. The van der Waals surface area contributed by atoms with Crippen LogP contribution in [0.5, 0.6) is 0 Å². The van der Waals surface area contributed by atoms with E-state index in [9.17, 15) is 0 Å². The summed E-state index contributed by atoms with van der Waals surface area (Å²) in [5.41, 5.74) is 1.95. The number of hydrogen-bond donors (Lipinski definition) is 3. The van der Waals surface area contributed by atoms with E-state index in [1.165, 1.54) is 0 Å². The summed E-state index contributed by atoms with van der Waals surface area (Å²) in [6, 6.07) is 6.63. The molecule has 4 rings (SSSR count). The van der Waals surface area contributed by atoms with Crippen molar-refractivity contribution in [2.45, 2.75) is 45.1 Å². The van der Waals surface area contributed by atoms with Crippen molar-refractivity contribution in [3.8, 4) is 6.07 Å². The second kappa shape index (κ2) is 7.04. The lowest BCUT2D eigenvalue weighted by Crippen LogP contribution is -2.26. The maximum absolute atomic E-state index is 8.85. The molecular formula is C18H22N8. The molecule has 134 valence electrons. The number of aryl methyl sites for hydroxylation is 1. The number of aromatic amines is 1. The zero-order valence-electron chi connectivity index (χ0n) is 14.7. The van der Waals surface area contributed by atoms with Gasteiger partial charge in [0.2, 0.25) is 5.95 Å². The molecule has 8 heteroatoms. The van der Waals surface area contributed by atoms with E-state index in [0.717, 1.165) is 48.5 Å². The minimum Gasteiger partial charge on any atom is -0.367 e. The van der Waals surface area contributed by atoms with Gasteiger partial charge in [-0.3, -0.25) is 9.50 Å². The third kappa shape index (κ3) is 3.47. The first-order valence-electron chi connectivity index (χ1n) is 8.97. The molecule has 0 bridgehead atoms. The first kappa shape index (κ1) is 16.4. The van der Waals surface area contributed by atoms with Crippen molar-refractivity contribution in [1.29, 1.82) is 5.26 Å². The van der Waals surface area contributed by atoms with Gasteiger partial charge in [0.15, 0.2) is 5.82 Å². The summed E-state index contributed by atoms with van der Waals surface area (Å²) in [7, 11) is 0. The second-order valence-electron chi connectivity index (χ2n) is 6.94. The molecule has 1 aliphatic carbocycles. The van der Waals surface area contributed by atoms with Gasteiger partial charge in [0.25, 0.3) is 0 Å². The lowest BCUT2D eigenvalue weighted by atomic mass is 9.84. The average Bonchev–Trinajstić information content (AvgIpc) is 3.26. The molecular weight excluding hydrogens is 328 g/mol. The van der Waals surface area contributed by atoms with Gasteiger partial charge in [-0.1, -0.05) is 0 Å². The number of nitrogens with one attached hydrogen (secondary N) is 3. The fraction of sp³-hybridized carbons (Fsp3) is 0.444. The van der Waals surface area contributed by atoms with Crippen LogP contribution in [0.25, 0.3) is 5.52 Å². The van der Waals surface area contributed by atoms with E-state index >= 15 is 0 Å². The Morgan fingerprint density at radius 2 is 2.12 bits per heavy atom. The molecule has 0 atom stereocenters. The summed E-state index contributed by atoms with van der Waals surface area (Å²) in [6.07, 6.45) is 8.55. The van der Waals surface area contributed by atoms with Crippen molar-refractivity contribution in [3.63, 3.8) is 0 Å². The molecule has 0 aliphatic heterocycles. The molecule has 1 fully saturated rings. The highest BCUT2D eigenvalue weighted by Gasteiger charge is 2.21. The Labute approximate surface area is 151 Å². The van der Waals surface area contributed by atoms with Gasteiger partial charge >= 0.3 is 0 Å². The van der Waals surface area contributed by atoms with Crippen molar-refractivity contribution < 1.29 is 0 Å². The maximum atomic E-state index is 8.85. The van der Waals surface area contributed by atoms with Gasteiger partial charge in [0.1, 0.15) is 12.1 Å². The molecule has 0 amide bonds. The predicted molar refractivity (Wildman–Crippen MR) is 99.2 cm³/mol. The highest BCUT2D eigenvalue weighted by atomic mass is 15.3. The first-order chi connectivity index (χ1) is 12.7. The van der Waals surface area contributed by atoms with Crippen molar-refractivity contribution in [2.75, 3.05) is 10.6 Å². The number of aromatic nitrogens is 5. The van der Waals surface area contributed by atoms with Gasteiger partial charge in [-0.05, 0) is 38.5 Å². The number of rotatable bonds is 5. The largest absolute Gasteiger partial charge is 0.367 e. The predicted octanol–water partition coefficient (Wildman–Crippen LogP) is 3.39. The summed E-state index contributed by atoms with van der Waals surface area (Å²) in [6.45, 7) is 1.96. The Hall–Kier alpha value is -3.08. The molecule has 0 spiro atoms. The summed E-state index contributed by atoms with van der Waals surface area (Å²) in [5, 5.41) is 22.8. The van der Waals surface area contributed by atoms with E-state index in [2.05, 4.69) is 31.9 Å². The van der Waals surface area contributed by atoms with Crippen LogP contribution >= 0.6 is 0 Å². The van der Waals surface area contributed by atoms with E-state index in [1.807, 2.05) is 29.7 Å². The molecule has 0 saturated heterocycles. The van der Waals surface area contributed by atoms with Crippen molar-refractivity contribution >= 4 is 23.1 Å². The van der Waals surface area contributed by atoms with E-state index in [1.54, 1.807) is 6.33 Å². The Kier molecular flexibility index (Phi) is 4.44. The topological polar surface area (TPSA) is 107 Å². The average molecular weight is 350 g/mol. The van der Waals surface area contributed by atoms with Gasteiger partial charge in [0.05, 0.1) is 17.8 Å². The van der Waals surface area contributed by atoms with Crippen molar-refractivity contribution in [1.82, 2.24) is 24.6 Å². The number of fused-ring (bicyclic) bond motifs is 1. The van der Waals surface area contributed by atoms with Gasteiger partial charge in [-0.25, -0.2) is 4.98 Å². The van der Waals surface area contributed by atoms with E-state index in [-0.39, 0.29) is 0 Å². The minimum absolute atomic E-state index is 0.392. The number of hydrogen-bond acceptors (Lipinski definition) is 6. The van der Waals surface area contributed by atoms with E-state index in [4.69, 9.17) is 10.2 Å². The van der Waals surface area contributed by atoms with Crippen LogP contribution in [-0.2, 0) is 0 Å². The summed E-state index contributed by atoms with van der Waals surface area (Å²) < 4.78 is 1.90. The number of nitrogens with zero attached hydrogens (tertiary/aromatic N) is 5. The van der Waals surface area contributed by atoms with E-state index < -0.39 is 0 Å². The zero-order chi connectivity index (χ0) is 17.9. The van der Waals surface area contributed by atoms with Crippen LogP contribution in [0, 0.1) is 24.2 Å². The third-order valence-corrected chi connectivity index (χ3v) is 4.93. The fourth-order valence-corrected chi connectivity index (χ4v) is 3.54. The van der Waals surface area contributed by atoms with Crippen molar-refractivity contribution in [3.05, 3.63) is 30.4 Å². The highest BCUT2D eigenvalue weighted by molar-refractivity contribution is 5.62. The van der Waals surface area contributed by atoms with Gasteiger partial charge in [-0.15, -0.1) is 0 Å². The SMILES string of the molecule is Cc1cc(Nc2nc(NC3CCC(CC#N)CC3)cc3cncn23)n[nH]1. The molecule has 1 aliphatic rings. The Morgan fingerprint density at radius 1 is 1.27 bits per heavy atom. The van der Waals surface area contributed by atoms with Crippen molar-refractivity contribution in [2.24, 2.45) is 5.92 Å². The summed E-state index contributed by atoms with van der Waals surface area (Å²) in [4.78, 5) is 8.95. The molecule has 3 aromatic heterocycles. The Bertz CT molecular complexity index is 926. The third-order valence-electron chi connectivity index (χ3n) is 4.93. The minimum atomic E-state index is 0.392. The molecule has 1 saturated carbocycles. The van der Waals surface area contributed by atoms with Crippen LogP contribution in [0.3, 0.4) is 0 Å². The van der Waals surface area contributed by atoms with Crippen LogP contribution in [0.2, 0.25) is 0 Å². The first-order valence-corrected chi connectivity index (χ1v) is 8.97. The lowest BCUT2D eigenvalue weighted by Gasteiger charge is -2.28. The standard InChI is InChI=1S/C18H22N8/c1-12-8-17(25-24-12)23-18-22-16(9-15-10-20-11-26(15)18)21-14-4-2-13(3-5-14)6-7-19/h8-11,13-14,21H,2-6H2,1H3,(H2,22,23,24,25). The summed E-state index contributed by atoms with van der Waals surface area (Å²) >= 11 is 0. The second-order valence-corrected chi connectivity index (χ2v) is 6.94. The Morgan fingerprint density at radius 3 is 2.85 bits per heavy atom. The van der Waals surface area contributed by atoms with Crippen LogP contribution in [0.4, 0.5) is 17.6 Å². The fourth-order valence-electron chi connectivity index (χ4n) is 3.54. The molecule has 0 radical (unpaired) electrons. The number of imidazole rings is 1. The normalized spacial score (nSPS) is 20.0. The molecule has 26 heavy (non-hydrogen) atoms. The number of nitriles is 1. The quantitative estimate of drug-likeness (QED) is 0.651. The van der Waals surface area contributed by atoms with Gasteiger partial charge in [-0.2, -0.15) is 15.3 Å².